The molecule has 2 rings (SSSR count). The second-order valence-electron chi connectivity index (χ2n) is 4.36. The van der Waals surface area contributed by atoms with Crippen molar-refractivity contribution < 1.29 is 19.0 Å². The van der Waals surface area contributed by atoms with E-state index in [1.807, 2.05) is 36.4 Å². The number of rotatable bonds is 6. The molecular weight excluding hydrogens is 268 g/mol. The third kappa shape index (κ3) is 3.99. The Balaban J connectivity index is 2.06. The van der Waals surface area contributed by atoms with Gasteiger partial charge in [0.2, 0.25) is 0 Å². The molecule has 2 aromatic carbocycles. The molecule has 0 unspecified atom stereocenters. The van der Waals surface area contributed by atoms with Crippen molar-refractivity contribution in [1.82, 2.24) is 0 Å². The second-order valence-corrected chi connectivity index (χ2v) is 4.36. The summed E-state index contributed by atoms with van der Waals surface area (Å²) in [6, 6.07) is 14.7. The Labute approximate surface area is 124 Å². The van der Waals surface area contributed by atoms with Gasteiger partial charge in [0.15, 0.2) is 11.5 Å². The van der Waals surface area contributed by atoms with Crippen LogP contribution in [0.1, 0.15) is 22.8 Å². The number of esters is 1. The fourth-order valence-electron chi connectivity index (χ4n) is 1.90. The standard InChI is InChI=1S/C17H18O4/c1-3-20-17(18)14-8-6-7-13(11-14)12-21-16-10-5-4-9-15(16)19-2/h4-11H,3,12H2,1-2H3. The van der Waals surface area contributed by atoms with Crippen molar-refractivity contribution in [2.24, 2.45) is 0 Å². The van der Waals surface area contributed by atoms with Crippen LogP contribution in [0.2, 0.25) is 0 Å². The molecule has 0 aliphatic carbocycles. The molecule has 0 amide bonds. The Morgan fingerprint density at radius 1 is 1.05 bits per heavy atom. The highest BCUT2D eigenvalue weighted by molar-refractivity contribution is 5.89. The molecule has 0 N–H and O–H groups in total. The zero-order chi connectivity index (χ0) is 15.1. The Morgan fingerprint density at radius 3 is 2.52 bits per heavy atom. The molecule has 0 aromatic heterocycles. The topological polar surface area (TPSA) is 44.8 Å². The molecule has 0 saturated carbocycles. The van der Waals surface area contributed by atoms with E-state index >= 15 is 0 Å². The SMILES string of the molecule is CCOC(=O)c1cccc(COc2ccccc2OC)c1. The number of carbonyl (C=O) groups excluding carboxylic acids is 1. The van der Waals surface area contributed by atoms with Gasteiger partial charge in [-0.2, -0.15) is 0 Å². The Morgan fingerprint density at radius 2 is 1.81 bits per heavy atom. The van der Waals surface area contributed by atoms with Gasteiger partial charge in [-0.3, -0.25) is 0 Å². The van der Waals surface area contributed by atoms with Crippen molar-refractivity contribution in [3.05, 3.63) is 59.7 Å². The van der Waals surface area contributed by atoms with Crippen LogP contribution in [0.15, 0.2) is 48.5 Å². The highest BCUT2D eigenvalue weighted by Gasteiger charge is 2.08. The molecule has 0 aliphatic heterocycles. The second kappa shape index (κ2) is 7.33. The number of ether oxygens (including phenoxy) is 3. The van der Waals surface area contributed by atoms with Gasteiger partial charge < -0.3 is 14.2 Å². The lowest BCUT2D eigenvalue weighted by Gasteiger charge is -2.11. The summed E-state index contributed by atoms with van der Waals surface area (Å²) < 4.78 is 15.9. The quantitative estimate of drug-likeness (QED) is 0.763. The van der Waals surface area contributed by atoms with E-state index in [1.54, 1.807) is 26.2 Å². The van der Waals surface area contributed by atoms with Crippen LogP contribution in [0, 0.1) is 0 Å². The highest BCUT2D eigenvalue weighted by Crippen LogP contribution is 2.26. The summed E-state index contributed by atoms with van der Waals surface area (Å²) in [4.78, 5) is 11.7. The molecule has 110 valence electrons. The molecule has 21 heavy (non-hydrogen) atoms. The molecule has 0 saturated heterocycles. The van der Waals surface area contributed by atoms with Crippen LogP contribution in [-0.4, -0.2) is 19.7 Å². The first-order chi connectivity index (χ1) is 10.2. The summed E-state index contributed by atoms with van der Waals surface area (Å²) in [5.41, 5.74) is 1.42. The summed E-state index contributed by atoms with van der Waals surface area (Å²) in [6.45, 7) is 2.50. The molecule has 0 atom stereocenters. The van der Waals surface area contributed by atoms with Gasteiger partial charge in [-0.05, 0) is 36.8 Å². The van der Waals surface area contributed by atoms with E-state index in [-0.39, 0.29) is 5.97 Å². The minimum absolute atomic E-state index is 0.323. The maximum Gasteiger partial charge on any atom is 0.338 e. The molecular formula is C17H18O4. The average molecular weight is 286 g/mol. The molecule has 0 bridgehead atoms. The van der Waals surface area contributed by atoms with E-state index in [9.17, 15) is 4.79 Å². The van der Waals surface area contributed by atoms with Gasteiger partial charge in [-0.25, -0.2) is 4.79 Å². The normalized spacial score (nSPS) is 10.0. The molecule has 0 heterocycles. The number of hydrogen-bond acceptors (Lipinski definition) is 4. The van der Waals surface area contributed by atoms with Gasteiger partial charge in [0.25, 0.3) is 0 Å². The van der Waals surface area contributed by atoms with Crippen LogP contribution in [0.3, 0.4) is 0 Å². The maximum atomic E-state index is 11.7. The molecule has 0 radical (unpaired) electrons. The van der Waals surface area contributed by atoms with Crippen molar-refractivity contribution in [3.8, 4) is 11.5 Å². The molecule has 2 aromatic rings. The van der Waals surface area contributed by atoms with Crippen LogP contribution < -0.4 is 9.47 Å². The molecule has 4 heteroatoms. The fourth-order valence-corrected chi connectivity index (χ4v) is 1.90. The van der Waals surface area contributed by atoms with Gasteiger partial charge in [-0.15, -0.1) is 0 Å². The first-order valence-corrected chi connectivity index (χ1v) is 6.76. The lowest BCUT2D eigenvalue weighted by Crippen LogP contribution is -2.05. The van der Waals surface area contributed by atoms with Crippen LogP contribution in [0.5, 0.6) is 11.5 Å². The fraction of sp³-hybridized carbons (Fsp3) is 0.235. The predicted octanol–water partition coefficient (Wildman–Crippen LogP) is 3.45. The smallest absolute Gasteiger partial charge is 0.338 e. The van der Waals surface area contributed by atoms with Crippen LogP contribution in [0.25, 0.3) is 0 Å². The third-order valence-electron chi connectivity index (χ3n) is 2.90. The van der Waals surface area contributed by atoms with Crippen molar-refractivity contribution in [3.63, 3.8) is 0 Å². The zero-order valence-electron chi connectivity index (χ0n) is 12.2. The number of methoxy groups -OCH3 is 1. The van der Waals surface area contributed by atoms with Crippen LogP contribution >= 0.6 is 0 Å². The van der Waals surface area contributed by atoms with E-state index < -0.39 is 0 Å². The lowest BCUT2D eigenvalue weighted by atomic mass is 10.1. The summed E-state index contributed by atoms with van der Waals surface area (Å²) >= 11 is 0. The van der Waals surface area contributed by atoms with Gasteiger partial charge in [0.05, 0.1) is 19.3 Å². The van der Waals surface area contributed by atoms with E-state index in [2.05, 4.69) is 0 Å². The third-order valence-corrected chi connectivity index (χ3v) is 2.90. The highest BCUT2D eigenvalue weighted by atomic mass is 16.5. The van der Waals surface area contributed by atoms with Crippen LogP contribution in [-0.2, 0) is 11.3 Å². The number of benzene rings is 2. The molecule has 0 spiro atoms. The minimum Gasteiger partial charge on any atom is -0.493 e. The van der Waals surface area contributed by atoms with Crippen molar-refractivity contribution >= 4 is 5.97 Å². The number of hydrogen-bond donors (Lipinski definition) is 0. The van der Waals surface area contributed by atoms with E-state index in [0.29, 0.717) is 30.3 Å². The van der Waals surface area contributed by atoms with E-state index in [0.717, 1.165) is 5.56 Å². The van der Waals surface area contributed by atoms with Crippen LogP contribution in [0.4, 0.5) is 0 Å². The predicted molar refractivity (Wildman–Crippen MR) is 79.7 cm³/mol. The first-order valence-electron chi connectivity index (χ1n) is 6.76. The monoisotopic (exact) mass is 286 g/mol. The summed E-state index contributed by atoms with van der Waals surface area (Å²) in [5, 5.41) is 0. The number of para-hydroxylation sites is 2. The van der Waals surface area contributed by atoms with E-state index in [1.165, 1.54) is 0 Å². The average Bonchev–Trinajstić information content (AvgIpc) is 2.53. The minimum atomic E-state index is -0.323. The first kappa shape index (κ1) is 14.9. The molecule has 4 nitrogen and oxygen atoms in total. The summed E-state index contributed by atoms with van der Waals surface area (Å²) in [5.74, 6) is 1.03. The van der Waals surface area contributed by atoms with Crippen molar-refractivity contribution in [1.29, 1.82) is 0 Å². The zero-order valence-corrected chi connectivity index (χ0v) is 12.2. The molecule has 0 aliphatic rings. The summed E-state index contributed by atoms with van der Waals surface area (Å²) in [6.07, 6.45) is 0. The Hall–Kier alpha value is -2.49. The van der Waals surface area contributed by atoms with Crippen molar-refractivity contribution in [2.45, 2.75) is 13.5 Å². The Bertz CT molecular complexity index is 607. The van der Waals surface area contributed by atoms with Gasteiger partial charge in [0, 0.05) is 0 Å². The van der Waals surface area contributed by atoms with E-state index in [4.69, 9.17) is 14.2 Å². The maximum absolute atomic E-state index is 11.7. The van der Waals surface area contributed by atoms with Gasteiger partial charge in [0.1, 0.15) is 6.61 Å². The summed E-state index contributed by atoms with van der Waals surface area (Å²) in [7, 11) is 1.60. The molecule has 0 fully saturated rings. The Kier molecular flexibility index (Phi) is 5.21. The number of carbonyl (C=O) groups is 1. The van der Waals surface area contributed by atoms with Gasteiger partial charge in [-0.1, -0.05) is 24.3 Å². The van der Waals surface area contributed by atoms with Gasteiger partial charge >= 0.3 is 5.97 Å². The lowest BCUT2D eigenvalue weighted by molar-refractivity contribution is 0.0526. The van der Waals surface area contributed by atoms with Crippen molar-refractivity contribution in [2.75, 3.05) is 13.7 Å². The largest absolute Gasteiger partial charge is 0.493 e.